The molecular formula is C25H25F4N5O3S. The molecule has 3 aromatic rings. The number of rotatable bonds is 6. The van der Waals surface area contributed by atoms with E-state index in [1.807, 2.05) is 5.32 Å². The number of halogens is 4. The molecule has 0 radical (unpaired) electrons. The number of amides is 3. The highest BCUT2D eigenvalue weighted by molar-refractivity contribution is 7.05. The van der Waals surface area contributed by atoms with Gasteiger partial charge >= 0.3 is 12.2 Å². The molecule has 0 unspecified atom stereocenters. The molecule has 2 N–H and O–H groups in total. The van der Waals surface area contributed by atoms with Crippen molar-refractivity contribution in [2.24, 2.45) is 0 Å². The molecule has 13 heteroatoms. The van der Waals surface area contributed by atoms with Crippen LogP contribution in [0.25, 0.3) is 0 Å². The molecule has 4 rings (SSSR count). The van der Waals surface area contributed by atoms with Crippen molar-refractivity contribution in [3.8, 4) is 5.75 Å². The number of nitrogens with zero attached hydrogens (tertiary/aromatic N) is 3. The summed E-state index contributed by atoms with van der Waals surface area (Å²) in [5.41, 5.74) is 0.0619. The Morgan fingerprint density at radius 3 is 2.58 bits per heavy atom. The van der Waals surface area contributed by atoms with E-state index in [4.69, 9.17) is 4.74 Å². The number of aryl methyl sites for hydroxylation is 1. The maximum atomic E-state index is 14.5. The van der Waals surface area contributed by atoms with E-state index in [0.717, 1.165) is 24.5 Å². The molecule has 1 saturated heterocycles. The van der Waals surface area contributed by atoms with E-state index in [9.17, 15) is 27.2 Å². The van der Waals surface area contributed by atoms with E-state index >= 15 is 0 Å². The Labute approximate surface area is 220 Å². The highest BCUT2D eigenvalue weighted by Gasteiger charge is 2.46. The van der Waals surface area contributed by atoms with Gasteiger partial charge in [0.1, 0.15) is 22.9 Å². The Kier molecular flexibility index (Phi) is 7.58. The van der Waals surface area contributed by atoms with Crippen LogP contribution in [0.2, 0.25) is 0 Å². The first kappa shape index (κ1) is 27.3. The zero-order valence-corrected chi connectivity index (χ0v) is 21.5. The van der Waals surface area contributed by atoms with Gasteiger partial charge in [0.05, 0.1) is 18.2 Å². The Morgan fingerprint density at radius 2 is 1.97 bits per heavy atom. The van der Waals surface area contributed by atoms with Gasteiger partial charge in [-0.1, -0.05) is 18.2 Å². The van der Waals surface area contributed by atoms with Gasteiger partial charge in [-0.15, -0.1) is 0 Å². The summed E-state index contributed by atoms with van der Waals surface area (Å²) in [6.45, 7) is 3.07. The highest BCUT2D eigenvalue weighted by Crippen LogP contribution is 2.42. The van der Waals surface area contributed by atoms with Crippen molar-refractivity contribution in [3.63, 3.8) is 0 Å². The lowest BCUT2D eigenvalue weighted by atomic mass is 9.80. The Morgan fingerprint density at radius 1 is 1.21 bits per heavy atom. The van der Waals surface area contributed by atoms with Crippen LogP contribution in [0.4, 0.5) is 28.0 Å². The molecule has 202 valence electrons. The van der Waals surface area contributed by atoms with Crippen molar-refractivity contribution in [2.45, 2.75) is 37.9 Å². The molecular weight excluding hydrogens is 526 g/mol. The molecule has 2 atom stereocenters. The fourth-order valence-corrected chi connectivity index (χ4v) is 5.29. The number of anilines is 1. The van der Waals surface area contributed by atoms with Crippen LogP contribution in [0.5, 0.6) is 5.75 Å². The summed E-state index contributed by atoms with van der Waals surface area (Å²) in [5.74, 6) is -1.10. The lowest BCUT2D eigenvalue weighted by Crippen LogP contribution is -2.38. The van der Waals surface area contributed by atoms with Crippen LogP contribution in [0.15, 0.2) is 42.7 Å². The average Bonchev–Trinajstić information content (AvgIpc) is 3.55. The third-order valence-electron chi connectivity index (χ3n) is 6.52. The third kappa shape index (κ3) is 5.42. The normalized spacial score (nSPS) is 18.2. The molecule has 1 fully saturated rings. The van der Waals surface area contributed by atoms with Crippen molar-refractivity contribution < 1.29 is 31.9 Å². The van der Waals surface area contributed by atoms with E-state index in [1.54, 1.807) is 19.1 Å². The summed E-state index contributed by atoms with van der Waals surface area (Å²) in [4.78, 5) is 30.5. The fraction of sp³-hybridized carbons (Fsp3) is 0.360. The van der Waals surface area contributed by atoms with Crippen molar-refractivity contribution in [2.75, 3.05) is 25.5 Å². The van der Waals surface area contributed by atoms with Gasteiger partial charge in [0.25, 0.3) is 0 Å². The zero-order valence-electron chi connectivity index (χ0n) is 20.7. The molecule has 1 aliphatic heterocycles. The van der Waals surface area contributed by atoms with Crippen molar-refractivity contribution >= 4 is 29.2 Å². The molecule has 8 nitrogen and oxygen atoms in total. The van der Waals surface area contributed by atoms with E-state index in [1.165, 1.54) is 36.5 Å². The van der Waals surface area contributed by atoms with Gasteiger partial charge in [0.15, 0.2) is 6.04 Å². The minimum absolute atomic E-state index is 0.00407. The number of methoxy groups -OCH3 is 1. The quantitative estimate of drug-likeness (QED) is 0.423. The summed E-state index contributed by atoms with van der Waals surface area (Å²) in [6.07, 6.45) is -2.92. The van der Waals surface area contributed by atoms with E-state index in [-0.39, 0.29) is 35.9 Å². The first-order valence-electron chi connectivity index (χ1n) is 11.6. The molecule has 0 aliphatic carbocycles. The third-order valence-corrected chi connectivity index (χ3v) is 7.39. The standard InChI is InChI=1S/C25H25F4N5O3S/c1-14-4-6-17(11-18(14)26)24(22-30-13-31-38-22)8-9-34(12-24)23(36)33-19-10-16(5-7-20(19)37-3)21(25(27,28)29)32-15(2)35/h4-7,10-11,13,21H,8-9,12H2,1-3H3,(H,32,35)(H,33,36)/t21-,24-/m1/s1. The second kappa shape index (κ2) is 10.6. The van der Waals surface area contributed by atoms with E-state index < -0.39 is 29.6 Å². The molecule has 0 saturated carbocycles. The second-order valence-electron chi connectivity index (χ2n) is 9.03. The number of urea groups is 1. The molecule has 38 heavy (non-hydrogen) atoms. The van der Waals surface area contributed by atoms with Gasteiger partial charge in [0.2, 0.25) is 5.91 Å². The van der Waals surface area contributed by atoms with Crippen molar-refractivity contribution in [3.05, 3.63) is 70.2 Å². The summed E-state index contributed by atoms with van der Waals surface area (Å²) in [6, 6.07) is 5.63. The Bertz CT molecular complexity index is 1340. The minimum Gasteiger partial charge on any atom is -0.495 e. The van der Waals surface area contributed by atoms with Gasteiger partial charge < -0.3 is 20.3 Å². The van der Waals surface area contributed by atoms with Crippen molar-refractivity contribution in [1.29, 1.82) is 0 Å². The van der Waals surface area contributed by atoms with Gasteiger partial charge in [-0.3, -0.25) is 4.79 Å². The SMILES string of the molecule is COc1ccc([C@@H](NC(C)=O)C(F)(F)F)cc1NC(=O)N1CC[C@@](c2ccc(C)c(F)c2)(c2ncns2)C1. The molecule has 1 aliphatic rings. The summed E-state index contributed by atoms with van der Waals surface area (Å²) >= 11 is 1.16. The fourth-order valence-electron chi connectivity index (χ4n) is 4.55. The number of alkyl halides is 3. The number of aromatic nitrogens is 2. The lowest BCUT2D eigenvalue weighted by Gasteiger charge is -2.28. The number of carbonyl (C=O) groups is 2. The number of carbonyl (C=O) groups excluding carboxylic acids is 2. The van der Waals surface area contributed by atoms with Crippen molar-refractivity contribution in [1.82, 2.24) is 19.6 Å². The summed E-state index contributed by atoms with van der Waals surface area (Å²) in [5, 5.41) is 5.15. The van der Waals surface area contributed by atoms with Crippen LogP contribution in [-0.2, 0) is 10.2 Å². The number of ether oxygens (including phenoxy) is 1. The average molecular weight is 552 g/mol. The van der Waals surface area contributed by atoms with Crippen LogP contribution in [-0.4, -0.2) is 52.6 Å². The molecule has 1 aromatic heterocycles. The van der Waals surface area contributed by atoms with E-state index in [0.29, 0.717) is 22.6 Å². The van der Waals surface area contributed by atoms with Crippen LogP contribution in [0.3, 0.4) is 0 Å². The number of likely N-dealkylation sites (tertiary alicyclic amines) is 1. The largest absolute Gasteiger partial charge is 0.495 e. The van der Waals surface area contributed by atoms with Crippen LogP contribution < -0.4 is 15.4 Å². The first-order chi connectivity index (χ1) is 17.9. The van der Waals surface area contributed by atoms with Gasteiger partial charge in [-0.25, -0.2) is 14.2 Å². The molecule has 0 spiro atoms. The highest BCUT2D eigenvalue weighted by atomic mass is 32.1. The van der Waals surface area contributed by atoms with Crippen LogP contribution in [0.1, 0.15) is 41.1 Å². The summed E-state index contributed by atoms with van der Waals surface area (Å²) < 4.78 is 64.8. The van der Waals surface area contributed by atoms with E-state index in [2.05, 4.69) is 14.7 Å². The molecule has 2 heterocycles. The smallest absolute Gasteiger partial charge is 0.412 e. The predicted octanol–water partition coefficient (Wildman–Crippen LogP) is 4.96. The Hall–Kier alpha value is -3.74. The second-order valence-corrected chi connectivity index (χ2v) is 9.81. The first-order valence-corrected chi connectivity index (χ1v) is 12.3. The zero-order chi connectivity index (χ0) is 27.7. The number of hydrogen-bond acceptors (Lipinski definition) is 6. The predicted molar refractivity (Wildman–Crippen MR) is 133 cm³/mol. The number of hydrogen-bond donors (Lipinski definition) is 2. The maximum Gasteiger partial charge on any atom is 0.412 e. The van der Waals surface area contributed by atoms with Crippen LogP contribution >= 0.6 is 11.5 Å². The van der Waals surface area contributed by atoms with Gasteiger partial charge in [0, 0.05) is 20.0 Å². The molecule has 0 bridgehead atoms. The van der Waals surface area contributed by atoms with Gasteiger partial charge in [-0.2, -0.15) is 17.5 Å². The molecule has 2 aromatic carbocycles. The van der Waals surface area contributed by atoms with Gasteiger partial charge in [-0.05, 0) is 59.8 Å². The topological polar surface area (TPSA) is 96.5 Å². The monoisotopic (exact) mass is 551 g/mol. The maximum absolute atomic E-state index is 14.5. The Balaban J connectivity index is 1.62. The number of nitrogens with one attached hydrogen (secondary N) is 2. The van der Waals surface area contributed by atoms with Crippen LogP contribution in [0, 0.1) is 12.7 Å². The number of benzene rings is 2. The molecule has 3 amide bonds. The minimum atomic E-state index is -4.76. The lowest BCUT2D eigenvalue weighted by molar-refractivity contribution is -0.162. The summed E-state index contributed by atoms with van der Waals surface area (Å²) in [7, 11) is 1.32.